The fourth-order valence-corrected chi connectivity index (χ4v) is 6.24. The number of aliphatic hydroxyl groups is 3. The van der Waals surface area contributed by atoms with Crippen LogP contribution < -0.4 is 11.5 Å². The van der Waals surface area contributed by atoms with Crippen molar-refractivity contribution in [1.29, 1.82) is 0 Å². The molecular weight excluding hydrogens is 478 g/mol. The lowest BCUT2D eigenvalue weighted by Gasteiger charge is -2.50. The Morgan fingerprint density at radius 3 is 2.35 bits per heavy atom. The summed E-state index contributed by atoms with van der Waals surface area (Å²) in [5.74, 6) is -6.82. The zero-order valence-electron chi connectivity index (χ0n) is 20.2. The van der Waals surface area contributed by atoms with Gasteiger partial charge in [0.2, 0.25) is 5.78 Å². The van der Waals surface area contributed by atoms with E-state index in [1.165, 1.54) is 11.0 Å². The minimum atomic E-state index is -2.67. The first-order valence-corrected chi connectivity index (χ1v) is 11.8. The van der Waals surface area contributed by atoms with E-state index >= 15 is 0 Å². The number of para-hydroxylation sites is 1. The number of amides is 1. The molecule has 2 aromatic rings. The van der Waals surface area contributed by atoms with Gasteiger partial charge in [-0.05, 0) is 56.1 Å². The maximum Gasteiger partial charge on any atom is 0.255 e. The second kappa shape index (κ2) is 8.19. The van der Waals surface area contributed by atoms with Crippen LogP contribution in [0.5, 0.6) is 5.75 Å². The Hall–Kier alpha value is -4.15. The van der Waals surface area contributed by atoms with Gasteiger partial charge in [0.05, 0.1) is 11.6 Å². The van der Waals surface area contributed by atoms with Crippen LogP contribution in [-0.4, -0.2) is 68.5 Å². The molecule has 1 fully saturated rings. The highest BCUT2D eigenvalue weighted by molar-refractivity contribution is 6.24. The van der Waals surface area contributed by atoms with Crippen molar-refractivity contribution in [2.24, 2.45) is 17.6 Å². The van der Waals surface area contributed by atoms with Crippen LogP contribution >= 0.6 is 0 Å². The number of Topliss-reactive ketones (excluding diaryl/α,β-unsaturated/α-hetero) is 2. The topological polar surface area (TPSA) is 187 Å². The molecule has 0 aromatic heterocycles. The SMILES string of the molecule is CN(C)[C@@H]1C(=O)C(C(N)=O)=C(O)[C@@]2(O)C(=O)C3=C(O)c4c(O)ccc(-c5ccccc5N)c4CC3CC12. The summed E-state index contributed by atoms with van der Waals surface area (Å²) < 4.78 is 0. The molecule has 0 saturated heterocycles. The maximum absolute atomic E-state index is 13.9. The number of nitrogens with zero attached hydrogens (tertiary/aromatic N) is 1. The Labute approximate surface area is 212 Å². The van der Waals surface area contributed by atoms with Crippen molar-refractivity contribution in [2.45, 2.75) is 24.5 Å². The average molecular weight is 506 g/mol. The van der Waals surface area contributed by atoms with Gasteiger partial charge < -0.3 is 31.9 Å². The first-order valence-electron chi connectivity index (χ1n) is 11.8. The summed E-state index contributed by atoms with van der Waals surface area (Å²) in [5, 5.41) is 44.6. The molecule has 37 heavy (non-hydrogen) atoms. The molecule has 0 aliphatic heterocycles. The fourth-order valence-electron chi connectivity index (χ4n) is 6.24. The van der Waals surface area contributed by atoms with Crippen molar-refractivity contribution in [1.82, 2.24) is 4.90 Å². The Morgan fingerprint density at radius 2 is 1.73 bits per heavy atom. The first kappa shape index (κ1) is 24.5. The summed E-state index contributed by atoms with van der Waals surface area (Å²) in [7, 11) is 3.11. The third kappa shape index (κ3) is 3.22. The predicted octanol–water partition coefficient (Wildman–Crippen LogP) is 1.21. The number of fused-ring (bicyclic) bond motifs is 3. The summed E-state index contributed by atoms with van der Waals surface area (Å²) in [6, 6.07) is 9.05. The number of hydrogen-bond donors (Lipinski definition) is 6. The van der Waals surface area contributed by atoms with Gasteiger partial charge in [0.25, 0.3) is 5.91 Å². The molecule has 3 aliphatic rings. The fraction of sp³-hybridized carbons (Fsp3) is 0.296. The van der Waals surface area contributed by atoms with Crippen LogP contribution in [0.1, 0.15) is 17.5 Å². The number of carbonyl (C=O) groups is 3. The van der Waals surface area contributed by atoms with Crippen molar-refractivity contribution in [3.8, 4) is 16.9 Å². The zero-order chi connectivity index (χ0) is 27.0. The predicted molar refractivity (Wildman–Crippen MR) is 134 cm³/mol. The number of phenolic OH excluding ortho intramolecular Hbond substituents is 1. The number of ketones is 2. The van der Waals surface area contributed by atoms with Crippen LogP contribution in [0.3, 0.4) is 0 Å². The number of primary amides is 1. The number of hydrogen-bond acceptors (Lipinski definition) is 9. The standard InChI is InChI=1S/C27H27N3O7/c1-30(2)21-15-10-11-9-14-12(13-5-3-4-6-16(13)28)7-8-17(31)19(14)22(32)18(11)24(34)27(15,37)25(35)20(23(21)33)26(29)36/h3-8,11,15,21,31-32,35,37H,9-10,28H2,1-2H3,(H2,29,36)/t11?,15?,21-,27-/m0/s1. The van der Waals surface area contributed by atoms with Gasteiger partial charge in [-0.3, -0.25) is 19.3 Å². The lowest BCUT2D eigenvalue weighted by molar-refractivity contribution is -0.153. The largest absolute Gasteiger partial charge is 0.508 e. The number of aromatic hydroxyl groups is 1. The quantitative estimate of drug-likeness (QED) is 0.263. The normalized spacial score (nSPS) is 27.2. The molecule has 2 aromatic carbocycles. The van der Waals surface area contributed by atoms with E-state index in [4.69, 9.17) is 11.5 Å². The van der Waals surface area contributed by atoms with Crippen LogP contribution in [0.15, 0.2) is 53.3 Å². The van der Waals surface area contributed by atoms with Gasteiger partial charge in [-0.25, -0.2) is 0 Å². The molecule has 2 unspecified atom stereocenters. The Balaban J connectivity index is 1.76. The number of likely N-dealkylation sites (N-methyl/N-ethyl adjacent to an activating group) is 1. The minimum absolute atomic E-state index is 0.0190. The van der Waals surface area contributed by atoms with Crippen LogP contribution in [0.2, 0.25) is 0 Å². The van der Waals surface area contributed by atoms with E-state index in [9.17, 15) is 34.8 Å². The van der Waals surface area contributed by atoms with E-state index < -0.39 is 58.0 Å². The van der Waals surface area contributed by atoms with Crippen LogP contribution in [0, 0.1) is 11.8 Å². The van der Waals surface area contributed by atoms with E-state index in [1.807, 2.05) is 0 Å². The molecule has 4 atom stereocenters. The second-order valence-electron chi connectivity index (χ2n) is 10.0. The maximum atomic E-state index is 13.9. The highest BCUT2D eigenvalue weighted by Crippen LogP contribution is 2.53. The molecule has 10 nitrogen and oxygen atoms in total. The van der Waals surface area contributed by atoms with Crippen LogP contribution in [0.4, 0.5) is 5.69 Å². The van der Waals surface area contributed by atoms with Crippen molar-refractivity contribution >= 4 is 28.9 Å². The van der Waals surface area contributed by atoms with Crippen LogP contribution in [-0.2, 0) is 20.8 Å². The summed E-state index contributed by atoms with van der Waals surface area (Å²) >= 11 is 0. The molecule has 0 heterocycles. The summed E-state index contributed by atoms with van der Waals surface area (Å²) in [6.07, 6.45) is 0.206. The van der Waals surface area contributed by atoms with Crippen molar-refractivity contribution in [2.75, 3.05) is 19.8 Å². The molecule has 1 amide bonds. The molecule has 192 valence electrons. The highest BCUT2D eigenvalue weighted by atomic mass is 16.3. The Kier molecular flexibility index (Phi) is 5.43. The monoisotopic (exact) mass is 505 g/mol. The summed E-state index contributed by atoms with van der Waals surface area (Å²) in [5.41, 5.74) is 10.2. The molecule has 0 bridgehead atoms. The lowest BCUT2D eigenvalue weighted by atomic mass is 9.57. The van der Waals surface area contributed by atoms with Gasteiger partial charge in [-0.1, -0.05) is 24.3 Å². The number of aliphatic hydroxyl groups excluding tert-OH is 2. The number of nitrogen functional groups attached to an aromatic ring is 1. The van der Waals surface area contributed by atoms with Crippen LogP contribution in [0.25, 0.3) is 16.9 Å². The number of benzene rings is 2. The Morgan fingerprint density at radius 1 is 1.05 bits per heavy atom. The van der Waals surface area contributed by atoms with Gasteiger partial charge >= 0.3 is 0 Å². The van der Waals surface area contributed by atoms with Crippen molar-refractivity contribution in [3.63, 3.8) is 0 Å². The smallest absolute Gasteiger partial charge is 0.255 e. The average Bonchev–Trinajstić information content (AvgIpc) is 2.82. The van der Waals surface area contributed by atoms with Gasteiger partial charge in [-0.2, -0.15) is 0 Å². The van der Waals surface area contributed by atoms with Crippen molar-refractivity contribution < 1.29 is 34.8 Å². The highest BCUT2D eigenvalue weighted by Gasteiger charge is 2.64. The molecule has 0 spiro atoms. The summed E-state index contributed by atoms with van der Waals surface area (Å²) in [6.45, 7) is 0. The minimum Gasteiger partial charge on any atom is -0.508 e. The number of nitrogens with two attached hydrogens (primary N) is 2. The van der Waals surface area contributed by atoms with Crippen molar-refractivity contribution in [3.05, 3.63) is 64.4 Å². The van der Waals surface area contributed by atoms with Gasteiger partial charge in [0, 0.05) is 22.7 Å². The first-order chi connectivity index (χ1) is 17.4. The van der Waals surface area contributed by atoms with E-state index in [0.717, 1.165) is 0 Å². The third-order valence-electron chi connectivity index (χ3n) is 7.86. The molecule has 5 rings (SSSR count). The molecule has 3 aliphatic carbocycles. The molecule has 1 saturated carbocycles. The molecule has 0 radical (unpaired) electrons. The zero-order valence-corrected chi connectivity index (χ0v) is 20.2. The second-order valence-corrected chi connectivity index (χ2v) is 10.0. The van der Waals surface area contributed by atoms with E-state index in [0.29, 0.717) is 22.4 Å². The van der Waals surface area contributed by atoms with Gasteiger partial charge in [0.1, 0.15) is 22.8 Å². The summed E-state index contributed by atoms with van der Waals surface area (Å²) in [4.78, 5) is 40.6. The van der Waals surface area contributed by atoms with Gasteiger partial charge in [-0.15, -0.1) is 0 Å². The third-order valence-corrected chi connectivity index (χ3v) is 7.86. The van der Waals surface area contributed by atoms with E-state index in [-0.39, 0.29) is 29.7 Å². The number of carbonyl (C=O) groups excluding carboxylic acids is 3. The lowest BCUT2D eigenvalue weighted by Crippen LogP contribution is -2.65. The van der Waals surface area contributed by atoms with Gasteiger partial charge in [0.15, 0.2) is 11.4 Å². The number of anilines is 1. The van der Waals surface area contributed by atoms with E-state index in [2.05, 4.69) is 0 Å². The molecule has 8 N–H and O–H groups in total. The number of rotatable bonds is 3. The Bertz CT molecular complexity index is 1460. The van der Waals surface area contributed by atoms with E-state index in [1.54, 1.807) is 44.4 Å². The molecular formula is C27H27N3O7. The molecule has 10 heteroatoms. The number of phenols is 1.